The summed E-state index contributed by atoms with van der Waals surface area (Å²) < 4.78 is 6.06. The summed E-state index contributed by atoms with van der Waals surface area (Å²) in [4.78, 5) is 24.1. The lowest BCUT2D eigenvalue weighted by Gasteiger charge is -2.38. The monoisotopic (exact) mass is 263 g/mol. The molecule has 9 nitrogen and oxygen atoms in total. The Hall–Kier alpha value is -2.71. The van der Waals surface area contributed by atoms with Gasteiger partial charge >= 0.3 is 5.97 Å². The van der Waals surface area contributed by atoms with Gasteiger partial charge in [0.05, 0.1) is 12.2 Å². The van der Waals surface area contributed by atoms with Gasteiger partial charge in [-0.05, 0) is 0 Å². The van der Waals surface area contributed by atoms with Crippen LogP contribution in [-0.4, -0.2) is 55.1 Å². The lowest BCUT2D eigenvalue weighted by Crippen LogP contribution is -2.51. The van der Waals surface area contributed by atoms with E-state index in [0.717, 1.165) is 0 Å². The quantitative estimate of drug-likeness (QED) is 0.805. The van der Waals surface area contributed by atoms with Crippen LogP contribution in [0.2, 0.25) is 0 Å². The molecule has 1 saturated heterocycles. The number of amides is 1. The summed E-state index contributed by atoms with van der Waals surface area (Å²) in [7, 11) is 0. The third kappa shape index (κ3) is 1.94. The van der Waals surface area contributed by atoms with Crippen LogP contribution in [0.1, 0.15) is 27.0 Å². The molecule has 0 aromatic carbocycles. The topological polar surface area (TPSA) is 114 Å². The summed E-state index contributed by atoms with van der Waals surface area (Å²) in [5.74, 6) is -1.34. The van der Waals surface area contributed by atoms with Crippen LogP contribution < -0.4 is 0 Å². The van der Waals surface area contributed by atoms with E-state index >= 15 is 0 Å². The molecule has 0 bridgehead atoms. The van der Waals surface area contributed by atoms with Gasteiger partial charge in [0.15, 0.2) is 11.4 Å². The number of hydrogen-bond donors (Lipinski definition) is 1. The zero-order chi connectivity index (χ0) is 13.4. The van der Waals surface area contributed by atoms with E-state index in [1.54, 1.807) is 4.90 Å². The van der Waals surface area contributed by atoms with E-state index in [2.05, 4.69) is 20.0 Å². The van der Waals surface area contributed by atoms with E-state index in [0.29, 0.717) is 13.1 Å². The number of carbonyl (C=O) groups is 2. The first-order valence-electron chi connectivity index (χ1n) is 5.50. The van der Waals surface area contributed by atoms with E-state index in [1.807, 2.05) is 0 Å². The molecule has 19 heavy (non-hydrogen) atoms. The van der Waals surface area contributed by atoms with Crippen molar-refractivity contribution in [1.29, 1.82) is 0 Å². The molecule has 0 unspecified atom stereocenters. The van der Waals surface area contributed by atoms with E-state index in [9.17, 15) is 9.59 Å². The predicted octanol–water partition coefficient (Wildman–Crippen LogP) is -0.339. The van der Waals surface area contributed by atoms with Crippen LogP contribution in [0, 0.1) is 0 Å². The zero-order valence-corrected chi connectivity index (χ0v) is 9.63. The van der Waals surface area contributed by atoms with E-state index in [-0.39, 0.29) is 23.3 Å². The molecule has 0 spiro atoms. The second-order valence-electron chi connectivity index (χ2n) is 4.14. The molecule has 1 fully saturated rings. The lowest BCUT2D eigenvalue weighted by atomic mass is 10.1. The summed E-state index contributed by atoms with van der Waals surface area (Å²) in [6, 6.07) is 1.43. The Labute approximate surface area is 106 Å². The van der Waals surface area contributed by atoms with Gasteiger partial charge in [0.1, 0.15) is 6.26 Å². The van der Waals surface area contributed by atoms with Crippen molar-refractivity contribution in [3.63, 3.8) is 0 Å². The van der Waals surface area contributed by atoms with Crippen molar-refractivity contribution in [2.45, 2.75) is 6.04 Å². The van der Waals surface area contributed by atoms with E-state index < -0.39 is 5.97 Å². The van der Waals surface area contributed by atoms with Crippen LogP contribution in [-0.2, 0) is 0 Å². The highest BCUT2D eigenvalue weighted by atomic mass is 16.5. The molecule has 3 heterocycles. The molecule has 1 aliphatic heterocycles. The standard InChI is InChI=1S/C10H9N5O4/c16-9(7-1-2-19-12-7)14-3-6(4-14)15-5-8(10(17)18)11-13-15/h1-2,5-6H,3-4H2,(H,17,18). The van der Waals surface area contributed by atoms with Crippen molar-refractivity contribution < 1.29 is 19.2 Å². The third-order valence-electron chi connectivity index (χ3n) is 2.91. The van der Waals surface area contributed by atoms with Crippen LogP contribution in [0.3, 0.4) is 0 Å². The predicted molar refractivity (Wildman–Crippen MR) is 58.4 cm³/mol. The first kappa shape index (κ1) is 11.4. The van der Waals surface area contributed by atoms with Gasteiger partial charge in [-0.3, -0.25) is 4.79 Å². The normalized spacial score (nSPS) is 15.3. The molecule has 0 aliphatic carbocycles. The second kappa shape index (κ2) is 4.19. The van der Waals surface area contributed by atoms with E-state index in [4.69, 9.17) is 5.11 Å². The Kier molecular flexibility index (Phi) is 2.51. The fourth-order valence-corrected chi connectivity index (χ4v) is 1.83. The highest BCUT2D eigenvalue weighted by Crippen LogP contribution is 2.22. The maximum atomic E-state index is 11.8. The molecule has 1 aliphatic rings. The summed E-state index contributed by atoms with van der Waals surface area (Å²) in [6.45, 7) is 0.877. The van der Waals surface area contributed by atoms with Crippen molar-refractivity contribution in [1.82, 2.24) is 25.1 Å². The Morgan fingerprint density at radius 3 is 2.74 bits per heavy atom. The summed E-state index contributed by atoms with van der Waals surface area (Å²) in [5.41, 5.74) is 0.143. The molecule has 9 heteroatoms. The van der Waals surface area contributed by atoms with Gasteiger partial charge in [0, 0.05) is 19.2 Å². The number of carbonyl (C=O) groups excluding carboxylic acids is 1. The molecular weight excluding hydrogens is 254 g/mol. The number of nitrogens with zero attached hydrogens (tertiary/aromatic N) is 5. The minimum atomic E-state index is -1.12. The Bertz CT molecular complexity index is 614. The van der Waals surface area contributed by atoms with Crippen molar-refractivity contribution in [3.8, 4) is 0 Å². The van der Waals surface area contributed by atoms with E-state index in [1.165, 1.54) is 23.2 Å². The van der Waals surface area contributed by atoms with Crippen LogP contribution in [0.5, 0.6) is 0 Å². The minimum Gasteiger partial charge on any atom is -0.476 e. The first-order valence-corrected chi connectivity index (χ1v) is 5.50. The number of hydrogen-bond acceptors (Lipinski definition) is 6. The fraction of sp³-hybridized carbons (Fsp3) is 0.300. The Morgan fingerprint density at radius 2 is 2.16 bits per heavy atom. The van der Waals surface area contributed by atoms with Crippen molar-refractivity contribution in [2.24, 2.45) is 0 Å². The number of carboxylic acids is 1. The van der Waals surface area contributed by atoms with Crippen molar-refractivity contribution in [3.05, 3.63) is 29.9 Å². The summed E-state index contributed by atoms with van der Waals surface area (Å²) >= 11 is 0. The SMILES string of the molecule is O=C(O)c1cn(C2CN(C(=O)c3ccon3)C2)nn1. The highest BCUT2D eigenvalue weighted by molar-refractivity contribution is 5.92. The lowest BCUT2D eigenvalue weighted by molar-refractivity contribution is 0.0487. The number of aromatic carboxylic acids is 1. The number of carboxylic acid groups (broad SMARTS) is 1. The fourth-order valence-electron chi connectivity index (χ4n) is 1.83. The number of likely N-dealkylation sites (tertiary alicyclic amines) is 1. The van der Waals surface area contributed by atoms with Gasteiger partial charge in [0.25, 0.3) is 5.91 Å². The zero-order valence-electron chi connectivity index (χ0n) is 9.63. The molecular formula is C10H9N5O4. The molecule has 2 aromatic rings. The van der Waals surface area contributed by atoms with Gasteiger partial charge < -0.3 is 14.5 Å². The maximum absolute atomic E-state index is 11.8. The molecule has 1 N–H and O–H groups in total. The Balaban J connectivity index is 1.63. The molecule has 0 saturated carbocycles. The van der Waals surface area contributed by atoms with Gasteiger partial charge in [-0.2, -0.15) is 0 Å². The summed E-state index contributed by atoms with van der Waals surface area (Å²) in [6.07, 6.45) is 2.69. The molecule has 2 aromatic heterocycles. The summed E-state index contributed by atoms with van der Waals surface area (Å²) in [5, 5.41) is 19.6. The van der Waals surface area contributed by atoms with Gasteiger partial charge in [0.2, 0.25) is 0 Å². The van der Waals surface area contributed by atoms with Crippen molar-refractivity contribution in [2.75, 3.05) is 13.1 Å². The average Bonchev–Trinajstić information content (AvgIpc) is 2.98. The number of rotatable bonds is 3. The molecule has 0 atom stereocenters. The smallest absolute Gasteiger partial charge is 0.358 e. The minimum absolute atomic E-state index is 0.0588. The molecule has 3 rings (SSSR count). The first-order chi connectivity index (χ1) is 9.15. The molecule has 98 valence electrons. The molecule has 0 radical (unpaired) electrons. The Morgan fingerprint density at radius 1 is 1.37 bits per heavy atom. The van der Waals surface area contributed by atoms with Gasteiger partial charge in [-0.25, -0.2) is 9.48 Å². The highest BCUT2D eigenvalue weighted by Gasteiger charge is 2.34. The third-order valence-corrected chi connectivity index (χ3v) is 2.91. The van der Waals surface area contributed by atoms with Crippen LogP contribution in [0.15, 0.2) is 23.0 Å². The molecule has 1 amide bonds. The van der Waals surface area contributed by atoms with Crippen LogP contribution in [0.25, 0.3) is 0 Å². The van der Waals surface area contributed by atoms with Gasteiger partial charge in [-0.15, -0.1) is 5.10 Å². The van der Waals surface area contributed by atoms with Crippen LogP contribution in [0.4, 0.5) is 0 Å². The van der Waals surface area contributed by atoms with Crippen LogP contribution >= 0.6 is 0 Å². The maximum Gasteiger partial charge on any atom is 0.358 e. The van der Waals surface area contributed by atoms with Gasteiger partial charge in [-0.1, -0.05) is 10.4 Å². The average molecular weight is 263 g/mol. The number of aromatic nitrogens is 4. The second-order valence-corrected chi connectivity index (χ2v) is 4.14. The largest absolute Gasteiger partial charge is 0.476 e. The van der Waals surface area contributed by atoms with Crippen molar-refractivity contribution >= 4 is 11.9 Å².